The van der Waals surface area contributed by atoms with Crippen LogP contribution in [-0.2, 0) is 9.53 Å². The number of nitrogens with zero attached hydrogens (tertiary/aromatic N) is 2. The van der Waals surface area contributed by atoms with E-state index in [9.17, 15) is 9.59 Å². The number of H-pyrrole nitrogens is 1. The van der Waals surface area contributed by atoms with Crippen molar-refractivity contribution in [2.45, 2.75) is 0 Å². The molecule has 0 fully saturated rings. The SMILES string of the molecule is COC(=O)c1cccc2c1NC(=O)C2=Nc1ccc(-c2n[nH]c(=S)o2)cc1. The minimum Gasteiger partial charge on any atom is -0.465 e. The molecule has 0 saturated heterocycles. The van der Waals surface area contributed by atoms with Crippen molar-refractivity contribution in [3.05, 3.63) is 58.4 Å². The van der Waals surface area contributed by atoms with Gasteiger partial charge in [0.25, 0.3) is 10.7 Å². The van der Waals surface area contributed by atoms with Crippen LogP contribution in [0.1, 0.15) is 15.9 Å². The molecular weight excluding hydrogens is 368 g/mol. The fraction of sp³-hybridized carbons (Fsp3) is 0.0556. The van der Waals surface area contributed by atoms with Gasteiger partial charge in [0.2, 0.25) is 5.89 Å². The van der Waals surface area contributed by atoms with Crippen LogP contribution in [-0.4, -0.2) is 34.9 Å². The van der Waals surface area contributed by atoms with Gasteiger partial charge in [-0.2, -0.15) is 0 Å². The zero-order valence-electron chi connectivity index (χ0n) is 14.0. The third-order valence-electron chi connectivity index (χ3n) is 3.97. The van der Waals surface area contributed by atoms with Crippen LogP contribution in [0.3, 0.4) is 0 Å². The summed E-state index contributed by atoms with van der Waals surface area (Å²) in [6.45, 7) is 0. The van der Waals surface area contributed by atoms with Gasteiger partial charge in [-0.05, 0) is 42.5 Å². The second kappa shape index (κ2) is 6.61. The number of carbonyl (C=O) groups excluding carboxylic acids is 2. The summed E-state index contributed by atoms with van der Waals surface area (Å²) in [6, 6.07) is 12.0. The smallest absolute Gasteiger partial charge is 0.339 e. The summed E-state index contributed by atoms with van der Waals surface area (Å²) in [5, 5.41) is 9.19. The number of hydrogen-bond acceptors (Lipinski definition) is 7. The summed E-state index contributed by atoms with van der Waals surface area (Å²) in [5.41, 5.74) is 2.73. The highest BCUT2D eigenvalue weighted by atomic mass is 32.1. The summed E-state index contributed by atoms with van der Waals surface area (Å²) >= 11 is 4.86. The fourth-order valence-electron chi connectivity index (χ4n) is 2.73. The predicted octanol–water partition coefficient (Wildman–Crippen LogP) is 3.26. The number of hydrogen-bond donors (Lipinski definition) is 2. The van der Waals surface area contributed by atoms with Crippen LogP contribution >= 0.6 is 12.2 Å². The molecule has 1 aliphatic heterocycles. The highest BCUT2D eigenvalue weighted by Crippen LogP contribution is 2.30. The summed E-state index contributed by atoms with van der Waals surface area (Å²) in [7, 11) is 1.29. The molecule has 0 spiro atoms. The van der Waals surface area contributed by atoms with Crippen LogP contribution in [0.5, 0.6) is 0 Å². The van der Waals surface area contributed by atoms with Crippen LogP contribution in [0.4, 0.5) is 11.4 Å². The number of amides is 1. The van der Waals surface area contributed by atoms with Crippen molar-refractivity contribution in [3.8, 4) is 11.5 Å². The average molecular weight is 380 g/mol. The van der Waals surface area contributed by atoms with E-state index < -0.39 is 5.97 Å². The van der Waals surface area contributed by atoms with Gasteiger partial charge in [-0.15, -0.1) is 5.10 Å². The number of rotatable bonds is 3. The number of nitrogens with one attached hydrogen (secondary N) is 2. The van der Waals surface area contributed by atoms with Crippen LogP contribution < -0.4 is 5.32 Å². The summed E-state index contributed by atoms with van der Waals surface area (Å²) in [6.07, 6.45) is 0. The average Bonchev–Trinajstić information content (AvgIpc) is 3.25. The number of fused-ring (bicyclic) bond motifs is 1. The summed E-state index contributed by atoms with van der Waals surface area (Å²) < 4.78 is 10.0. The minimum absolute atomic E-state index is 0.190. The predicted molar refractivity (Wildman–Crippen MR) is 99.7 cm³/mol. The molecule has 0 bridgehead atoms. The number of ether oxygens (including phenoxy) is 1. The van der Waals surface area contributed by atoms with Crippen LogP contribution in [0.25, 0.3) is 11.5 Å². The summed E-state index contributed by atoms with van der Waals surface area (Å²) in [4.78, 5) is 28.8. The van der Waals surface area contributed by atoms with Gasteiger partial charge >= 0.3 is 5.97 Å². The molecule has 0 radical (unpaired) electrons. The molecule has 0 aliphatic carbocycles. The van der Waals surface area contributed by atoms with E-state index in [-0.39, 0.29) is 22.0 Å². The number of para-hydroxylation sites is 1. The second-order valence-electron chi connectivity index (χ2n) is 5.60. The van der Waals surface area contributed by atoms with Gasteiger partial charge in [0.05, 0.1) is 24.0 Å². The van der Waals surface area contributed by atoms with E-state index in [2.05, 4.69) is 20.5 Å². The Kier molecular flexibility index (Phi) is 4.13. The Labute approximate surface area is 157 Å². The zero-order valence-corrected chi connectivity index (χ0v) is 14.8. The first kappa shape index (κ1) is 16.9. The van der Waals surface area contributed by atoms with E-state index in [4.69, 9.17) is 21.4 Å². The molecule has 1 amide bonds. The first-order valence-electron chi connectivity index (χ1n) is 7.84. The quantitative estimate of drug-likeness (QED) is 0.533. The monoisotopic (exact) mass is 380 g/mol. The van der Waals surface area contributed by atoms with Crippen molar-refractivity contribution in [1.82, 2.24) is 10.2 Å². The Hall–Kier alpha value is -3.59. The highest BCUT2D eigenvalue weighted by Gasteiger charge is 2.30. The Balaban J connectivity index is 1.70. The molecule has 0 saturated carbocycles. The van der Waals surface area contributed by atoms with E-state index >= 15 is 0 Å². The van der Waals surface area contributed by atoms with E-state index in [1.165, 1.54) is 7.11 Å². The number of carbonyl (C=O) groups is 2. The van der Waals surface area contributed by atoms with Crippen molar-refractivity contribution >= 4 is 41.2 Å². The third kappa shape index (κ3) is 3.04. The van der Waals surface area contributed by atoms with Crippen LogP contribution in [0.2, 0.25) is 0 Å². The molecule has 4 rings (SSSR count). The Morgan fingerprint density at radius 2 is 2.00 bits per heavy atom. The van der Waals surface area contributed by atoms with Gasteiger partial charge in [-0.25, -0.2) is 14.9 Å². The largest absolute Gasteiger partial charge is 0.465 e. The molecule has 3 aromatic rings. The number of benzene rings is 2. The molecule has 0 atom stereocenters. The van der Waals surface area contributed by atoms with Gasteiger partial charge in [0, 0.05) is 11.1 Å². The molecule has 1 aromatic heterocycles. The van der Waals surface area contributed by atoms with Crippen molar-refractivity contribution in [1.29, 1.82) is 0 Å². The number of anilines is 1. The highest BCUT2D eigenvalue weighted by molar-refractivity contribution is 7.71. The molecule has 2 aromatic carbocycles. The maximum atomic E-state index is 12.4. The van der Waals surface area contributed by atoms with Gasteiger partial charge in [0.1, 0.15) is 5.71 Å². The Morgan fingerprint density at radius 3 is 2.67 bits per heavy atom. The van der Waals surface area contributed by atoms with Crippen molar-refractivity contribution in [2.75, 3.05) is 12.4 Å². The molecule has 2 heterocycles. The maximum absolute atomic E-state index is 12.4. The van der Waals surface area contributed by atoms with Gasteiger partial charge in [0.15, 0.2) is 0 Å². The number of esters is 1. The van der Waals surface area contributed by atoms with Gasteiger partial charge < -0.3 is 14.5 Å². The lowest BCUT2D eigenvalue weighted by Crippen LogP contribution is -2.14. The number of methoxy groups -OCH3 is 1. The van der Waals surface area contributed by atoms with Crippen molar-refractivity contribution in [3.63, 3.8) is 0 Å². The normalized spacial score (nSPS) is 14.1. The molecule has 1 aliphatic rings. The molecule has 8 nitrogen and oxygen atoms in total. The third-order valence-corrected chi connectivity index (χ3v) is 4.15. The van der Waals surface area contributed by atoms with Crippen LogP contribution in [0.15, 0.2) is 51.9 Å². The Bertz CT molecular complexity index is 1140. The topological polar surface area (TPSA) is 110 Å². The number of aliphatic imine (C=N–C) groups is 1. The lowest BCUT2D eigenvalue weighted by Gasteiger charge is -2.04. The van der Waals surface area contributed by atoms with Crippen LogP contribution in [0, 0.1) is 4.84 Å². The summed E-state index contributed by atoms with van der Waals surface area (Å²) in [5.74, 6) is -0.545. The minimum atomic E-state index is -0.526. The zero-order chi connectivity index (χ0) is 19.0. The lowest BCUT2D eigenvalue weighted by atomic mass is 10.1. The standard InChI is InChI=1S/C18H12N4O4S/c1-25-17(24)12-4-2-3-11-13(12)20-15(23)14(11)19-10-7-5-9(6-8-10)16-21-22-18(27)26-16/h2-8H,1H3,(H,22,27)(H,19,20,23). The van der Waals surface area contributed by atoms with E-state index in [1.807, 2.05) is 0 Å². The molecule has 134 valence electrons. The fourth-order valence-corrected chi connectivity index (χ4v) is 2.86. The van der Waals surface area contributed by atoms with E-state index in [1.54, 1.807) is 42.5 Å². The lowest BCUT2D eigenvalue weighted by molar-refractivity contribution is -0.110. The molecule has 9 heteroatoms. The van der Waals surface area contributed by atoms with Crippen molar-refractivity contribution < 1.29 is 18.7 Å². The Morgan fingerprint density at radius 1 is 1.22 bits per heavy atom. The number of aromatic amines is 1. The molecule has 0 unspecified atom stereocenters. The van der Waals surface area contributed by atoms with E-state index in [0.29, 0.717) is 22.8 Å². The van der Waals surface area contributed by atoms with Crippen molar-refractivity contribution in [2.24, 2.45) is 4.99 Å². The molecule has 27 heavy (non-hydrogen) atoms. The molecular formula is C18H12N4O4S. The van der Waals surface area contributed by atoms with E-state index in [0.717, 1.165) is 5.56 Å². The first-order chi connectivity index (χ1) is 13.1. The maximum Gasteiger partial charge on any atom is 0.339 e. The second-order valence-corrected chi connectivity index (χ2v) is 5.97. The van der Waals surface area contributed by atoms with Gasteiger partial charge in [-0.1, -0.05) is 12.1 Å². The first-order valence-corrected chi connectivity index (χ1v) is 8.25. The van der Waals surface area contributed by atoms with Gasteiger partial charge in [-0.3, -0.25) is 4.79 Å². The number of aromatic nitrogens is 2. The molecule has 2 N–H and O–H groups in total.